The van der Waals surface area contributed by atoms with E-state index in [-0.39, 0.29) is 37.7 Å². The van der Waals surface area contributed by atoms with Gasteiger partial charge in [0.15, 0.2) is 0 Å². The van der Waals surface area contributed by atoms with Gasteiger partial charge in [0.2, 0.25) is 25.8 Å². The summed E-state index contributed by atoms with van der Waals surface area (Å²) in [5.74, 6) is -2.08. The fourth-order valence-electron chi connectivity index (χ4n) is 2.69. The summed E-state index contributed by atoms with van der Waals surface area (Å²) in [7, 11) is -7.81. The minimum Gasteiger partial charge on any atom is -0.412 e. The maximum absolute atomic E-state index is 13.8. The first-order valence-electron chi connectivity index (χ1n) is 7.57. The molecule has 1 aromatic heterocycles. The molecule has 142 valence electrons. The molecule has 12 heteroatoms. The van der Waals surface area contributed by atoms with Gasteiger partial charge in [-0.1, -0.05) is 5.10 Å². The molecule has 0 spiro atoms. The van der Waals surface area contributed by atoms with E-state index in [0.29, 0.717) is 6.07 Å². The second kappa shape index (κ2) is 6.67. The summed E-state index contributed by atoms with van der Waals surface area (Å²) in [6, 6.07) is 2.25. The van der Waals surface area contributed by atoms with Crippen LogP contribution in [-0.4, -0.2) is 50.7 Å². The van der Waals surface area contributed by atoms with Crippen molar-refractivity contribution in [3.05, 3.63) is 35.7 Å². The highest BCUT2D eigenvalue weighted by Gasteiger charge is 2.34. The first-order chi connectivity index (χ1) is 12.1. The van der Waals surface area contributed by atoms with E-state index in [1.54, 1.807) is 0 Å². The van der Waals surface area contributed by atoms with E-state index in [1.165, 1.54) is 0 Å². The quantitative estimate of drug-likeness (QED) is 0.752. The Morgan fingerprint density at radius 1 is 1.12 bits per heavy atom. The van der Waals surface area contributed by atoms with Crippen molar-refractivity contribution in [2.24, 2.45) is 0 Å². The van der Waals surface area contributed by atoms with Gasteiger partial charge in [0, 0.05) is 25.3 Å². The molecule has 1 fully saturated rings. The molecule has 0 unspecified atom stereocenters. The first-order valence-corrected chi connectivity index (χ1v) is 10.9. The highest BCUT2D eigenvalue weighted by molar-refractivity contribution is 7.90. The van der Waals surface area contributed by atoms with Gasteiger partial charge < -0.3 is 4.42 Å². The maximum atomic E-state index is 13.8. The summed E-state index contributed by atoms with van der Waals surface area (Å²) in [4.78, 5) is -0.715. The second-order valence-corrected chi connectivity index (χ2v) is 9.73. The van der Waals surface area contributed by atoms with Crippen molar-refractivity contribution >= 4 is 19.9 Å². The molecule has 8 nitrogen and oxygen atoms in total. The fraction of sp³-hybridized carbons (Fsp3) is 0.429. The predicted octanol–water partition coefficient (Wildman–Crippen LogP) is 1.32. The van der Waals surface area contributed by atoms with E-state index in [4.69, 9.17) is 4.42 Å². The number of rotatable bonds is 4. The Hall–Kier alpha value is -1.92. The largest absolute Gasteiger partial charge is 0.412 e. The highest BCUT2D eigenvalue weighted by atomic mass is 32.2. The molecule has 1 aliphatic heterocycles. The minimum absolute atomic E-state index is 0.0273. The molecule has 0 N–H and O–H groups in total. The maximum Gasteiger partial charge on any atom is 0.335 e. The lowest BCUT2D eigenvalue weighted by Gasteiger charge is -2.29. The van der Waals surface area contributed by atoms with Crippen molar-refractivity contribution in [2.75, 3.05) is 19.3 Å². The lowest BCUT2D eigenvalue weighted by Crippen LogP contribution is -2.38. The molecule has 0 amide bonds. The third kappa shape index (κ3) is 3.62. The summed E-state index contributed by atoms with van der Waals surface area (Å²) < 4.78 is 81.1. The third-order valence-corrected chi connectivity index (χ3v) is 6.77. The molecule has 2 heterocycles. The van der Waals surface area contributed by atoms with Crippen LogP contribution in [0.2, 0.25) is 0 Å². The van der Waals surface area contributed by atoms with Crippen LogP contribution in [0, 0.1) is 11.6 Å². The summed E-state index contributed by atoms with van der Waals surface area (Å²) in [6.07, 6.45) is 1.50. The zero-order chi connectivity index (χ0) is 19.1. The van der Waals surface area contributed by atoms with Crippen molar-refractivity contribution in [3.8, 4) is 0 Å². The van der Waals surface area contributed by atoms with E-state index < -0.39 is 41.6 Å². The van der Waals surface area contributed by atoms with E-state index in [9.17, 15) is 25.6 Å². The molecule has 0 saturated carbocycles. The number of aromatic nitrogens is 2. The van der Waals surface area contributed by atoms with Crippen LogP contribution in [0.1, 0.15) is 24.7 Å². The average molecular weight is 407 g/mol. The lowest BCUT2D eigenvalue weighted by molar-refractivity contribution is 0.277. The smallest absolute Gasteiger partial charge is 0.335 e. The number of piperidine rings is 1. The van der Waals surface area contributed by atoms with Crippen molar-refractivity contribution < 1.29 is 30.0 Å². The number of hydrogen-bond donors (Lipinski definition) is 0. The summed E-state index contributed by atoms with van der Waals surface area (Å²) in [5, 5.41) is 6.68. The Kier molecular flexibility index (Phi) is 4.84. The van der Waals surface area contributed by atoms with Crippen molar-refractivity contribution in [1.82, 2.24) is 14.5 Å². The fourth-order valence-corrected chi connectivity index (χ4v) is 4.66. The molecule has 3 rings (SSSR count). The minimum atomic E-state index is -4.18. The van der Waals surface area contributed by atoms with Gasteiger partial charge in [-0.3, -0.25) is 0 Å². The van der Waals surface area contributed by atoms with Gasteiger partial charge in [-0.25, -0.2) is 25.6 Å². The van der Waals surface area contributed by atoms with Crippen LogP contribution in [0.4, 0.5) is 8.78 Å². The van der Waals surface area contributed by atoms with Crippen molar-refractivity contribution in [3.63, 3.8) is 0 Å². The molecule has 0 radical (unpaired) electrons. The van der Waals surface area contributed by atoms with Crippen LogP contribution in [0.3, 0.4) is 0 Å². The van der Waals surface area contributed by atoms with E-state index in [2.05, 4.69) is 10.2 Å². The Morgan fingerprint density at radius 3 is 2.35 bits per heavy atom. The number of nitrogens with zero attached hydrogens (tertiary/aromatic N) is 3. The molecule has 26 heavy (non-hydrogen) atoms. The molecule has 1 aliphatic rings. The number of sulfonamides is 1. The Bertz CT molecular complexity index is 1030. The van der Waals surface area contributed by atoms with E-state index >= 15 is 0 Å². The molecule has 1 aromatic carbocycles. The van der Waals surface area contributed by atoms with Gasteiger partial charge in [-0.05, 0) is 31.0 Å². The Balaban J connectivity index is 1.76. The van der Waals surface area contributed by atoms with Crippen molar-refractivity contribution in [2.45, 2.75) is 28.9 Å². The number of benzene rings is 1. The summed E-state index contributed by atoms with van der Waals surface area (Å²) in [5.41, 5.74) is 0. The van der Waals surface area contributed by atoms with Gasteiger partial charge in [-0.2, -0.15) is 4.31 Å². The highest BCUT2D eigenvalue weighted by Crippen LogP contribution is 2.31. The molecule has 2 aromatic rings. The Morgan fingerprint density at radius 2 is 1.77 bits per heavy atom. The summed E-state index contributed by atoms with van der Waals surface area (Å²) >= 11 is 0. The van der Waals surface area contributed by atoms with Gasteiger partial charge in [0.1, 0.15) is 16.5 Å². The van der Waals surface area contributed by atoms with Crippen LogP contribution in [0.25, 0.3) is 0 Å². The molecular formula is C14H15F2N3O5S2. The van der Waals surface area contributed by atoms with Crippen LogP contribution in [0.15, 0.2) is 32.7 Å². The number of hydrogen-bond acceptors (Lipinski definition) is 7. The van der Waals surface area contributed by atoms with Crippen LogP contribution in [-0.2, 0) is 19.9 Å². The molecular weight excluding hydrogens is 392 g/mol. The van der Waals surface area contributed by atoms with Gasteiger partial charge >= 0.3 is 5.22 Å². The SMILES string of the molecule is CS(=O)(=O)c1nnc(C2CCN(S(=O)(=O)c3cc(F)ccc3F)CC2)o1. The number of sulfone groups is 1. The first kappa shape index (κ1) is 18.9. The summed E-state index contributed by atoms with van der Waals surface area (Å²) in [6.45, 7) is 0.0546. The predicted molar refractivity (Wildman–Crippen MR) is 84.5 cm³/mol. The average Bonchev–Trinajstić information content (AvgIpc) is 3.07. The van der Waals surface area contributed by atoms with Crippen molar-refractivity contribution in [1.29, 1.82) is 0 Å². The lowest BCUT2D eigenvalue weighted by atomic mass is 9.98. The van der Waals surface area contributed by atoms with Crippen LogP contribution < -0.4 is 0 Å². The van der Waals surface area contributed by atoms with Crippen LogP contribution in [0.5, 0.6) is 0 Å². The van der Waals surface area contributed by atoms with E-state index in [0.717, 1.165) is 22.7 Å². The molecule has 1 saturated heterocycles. The monoisotopic (exact) mass is 407 g/mol. The molecule has 0 aliphatic carbocycles. The second-order valence-electron chi connectivity index (χ2n) is 5.93. The number of halogens is 2. The topological polar surface area (TPSA) is 110 Å². The normalized spacial score (nSPS) is 17.5. The van der Waals surface area contributed by atoms with Gasteiger partial charge in [-0.15, -0.1) is 5.10 Å². The third-order valence-electron chi connectivity index (χ3n) is 4.05. The molecule has 0 atom stereocenters. The van der Waals surface area contributed by atoms with E-state index in [1.807, 2.05) is 0 Å². The van der Waals surface area contributed by atoms with Gasteiger partial charge in [0.25, 0.3) is 0 Å². The standard InChI is InChI=1S/C14H15F2N3O5S2/c1-25(20,21)14-18-17-13(24-14)9-4-6-19(7-5-9)26(22,23)12-8-10(15)2-3-11(12)16/h2-3,8-9H,4-7H2,1H3. The zero-order valence-electron chi connectivity index (χ0n) is 13.6. The Labute approximate surface area is 148 Å². The molecule has 0 bridgehead atoms. The van der Waals surface area contributed by atoms with Crippen LogP contribution >= 0.6 is 0 Å². The van der Waals surface area contributed by atoms with Gasteiger partial charge in [0.05, 0.1) is 0 Å². The zero-order valence-corrected chi connectivity index (χ0v) is 15.2.